The Hall–Kier alpha value is -0.800. The van der Waals surface area contributed by atoms with Crippen molar-refractivity contribution in [2.24, 2.45) is 11.3 Å². The van der Waals surface area contributed by atoms with E-state index in [1.165, 1.54) is 38.0 Å². The zero-order chi connectivity index (χ0) is 12.6. The van der Waals surface area contributed by atoms with Gasteiger partial charge in [0.1, 0.15) is 0 Å². The maximum atomic E-state index is 3.65. The second-order valence-electron chi connectivity index (χ2n) is 6.46. The zero-order valence-corrected chi connectivity index (χ0v) is 11.6. The molecule has 1 spiro atoms. The smallest absolute Gasteiger partial charge is 0.0405 e. The van der Waals surface area contributed by atoms with Crippen molar-refractivity contribution in [3.05, 3.63) is 24.0 Å². The first-order valence-corrected chi connectivity index (χ1v) is 7.29. The van der Waals surface area contributed by atoms with Crippen molar-refractivity contribution in [3.63, 3.8) is 0 Å². The van der Waals surface area contributed by atoms with Gasteiger partial charge in [0.25, 0.3) is 0 Å². The summed E-state index contributed by atoms with van der Waals surface area (Å²) in [4.78, 5) is 0. The Balaban J connectivity index is 1.72. The second kappa shape index (κ2) is 4.71. The van der Waals surface area contributed by atoms with Crippen molar-refractivity contribution in [2.75, 3.05) is 19.6 Å². The van der Waals surface area contributed by atoms with Crippen molar-refractivity contribution >= 4 is 0 Å². The van der Waals surface area contributed by atoms with Crippen molar-refractivity contribution in [2.45, 2.75) is 39.3 Å². The molecule has 0 aliphatic carbocycles. The van der Waals surface area contributed by atoms with Crippen molar-refractivity contribution in [3.8, 4) is 0 Å². The average molecular weight is 247 g/mol. The number of nitrogens with one attached hydrogen (secondary N) is 2. The molecule has 1 unspecified atom stereocenters. The van der Waals surface area contributed by atoms with Gasteiger partial charge in [0.05, 0.1) is 0 Å². The first kappa shape index (κ1) is 12.2. The molecule has 2 fully saturated rings. The topological polar surface area (TPSA) is 29.0 Å². The van der Waals surface area contributed by atoms with Crippen LogP contribution in [0.5, 0.6) is 0 Å². The van der Waals surface area contributed by atoms with Gasteiger partial charge < -0.3 is 15.2 Å². The van der Waals surface area contributed by atoms with Crippen LogP contribution in [0.2, 0.25) is 0 Å². The van der Waals surface area contributed by atoms with Gasteiger partial charge in [-0.05, 0) is 43.5 Å². The van der Waals surface area contributed by atoms with Gasteiger partial charge in [-0.2, -0.15) is 0 Å². The predicted molar refractivity (Wildman–Crippen MR) is 74.6 cm³/mol. The molecule has 18 heavy (non-hydrogen) atoms. The van der Waals surface area contributed by atoms with E-state index in [9.17, 15) is 0 Å². The molecule has 0 bridgehead atoms. The molecule has 1 aromatic heterocycles. The average Bonchev–Trinajstić information content (AvgIpc) is 2.76. The van der Waals surface area contributed by atoms with Gasteiger partial charge in [0, 0.05) is 36.9 Å². The molecule has 2 saturated heterocycles. The summed E-state index contributed by atoms with van der Waals surface area (Å²) in [7, 11) is 0. The van der Waals surface area contributed by atoms with Crippen LogP contribution in [0.3, 0.4) is 0 Å². The van der Waals surface area contributed by atoms with Gasteiger partial charge in [-0.15, -0.1) is 0 Å². The van der Waals surface area contributed by atoms with Crippen LogP contribution in [0.25, 0.3) is 0 Å². The number of rotatable bonds is 3. The molecule has 3 heterocycles. The van der Waals surface area contributed by atoms with Crippen LogP contribution in [0, 0.1) is 11.3 Å². The largest absolute Gasteiger partial charge is 0.354 e. The molecule has 3 nitrogen and oxygen atoms in total. The normalized spacial score (nSPS) is 26.5. The van der Waals surface area contributed by atoms with Gasteiger partial charge in [0.15, 0.2) is 0 Å². The molecule has 100 valence electrons. The third-order valence-corrected chi connectivity index (χ3v) is 4.55. The minimum Gasteiger partial charge on any atom is -0.354 e. The highest BCUT2D eigenvalue weighted by Crippen LogP contribution is 2.47. The van der Waals surface area contributed by atoms with Gasteiger partial charge >= 0.3 is 0 Å². The Kier molecular flexibility index (Phi) is 3.20. The molecular weight excluding hydrogens is 222 g/mol. The minimum atomic E-state index is 0.537. The highest BCUT2D eigenvalue weighted by atomic mass is 15.1. The Morgan fingerprint density at radius 3 is 2.78 bits per heavy atom. The van der Waals surface area contributed by atoms with E-state index >= 15 is 0 Å². The highest BCUT2D eigenvalue weighted by molar-refractivity contribution is 5.23. The summed E-state index contributed by atoms with van der Waals surface area (Å²) in [5, 5.41) is 7.13. The summed E-state index contributed by atoms with van der Waals surface area (Å²) in [6.07, 6.45) is 7.23. The van der Waals surface area contributed by atoms with E-state index in [1.54, 1.807) is 0 Å². The standard InChI is InChI=1S/C15H25N3/c1-12(2)9-18-8-3-13(10-18)14-15(11-17-14)4-6-16-7-5-15/h3,8,10,12,14,16-17H,4-7,9,11H2,1-2H3. The zero-order valence-electron chi connectivity index (χ0n) is 11.6. The van der Waals surface area contributed by atoms with Crippen LogP contribution in [-0.2, 0) is 6.54 Å². The third kappa shape index (κ3) is 2.10. The lowest BCUT2D eigenvalue weighted by Crippen LogP contribution is -2.59. The molecule has 0 radical (unpaired) electrons. The van der Waals surface area contributed by atoms with E-state index in [-0.39, 0.29) is 0 Å². The van der Waals surface area contributed by atoms with E-state index in [0.29, 0.717) is 17.4 Å². The van der Waals surface area contributed by atoms with Crippen LogP contribution < -0.4 is 10.6 Å². The molecule has 3 heteroatoms. The van der Waals surface area contributed by atoms with Crippen molar-refractivity contribution in [1.82, 2.24) is 15.2 Å². The van der Waals surface area contributed by atoms with Crippen molar-refractivity contribution < 1.29 is 0 Å². The molecule has 1 atom stereocenters. The van der Waals surface area contributed by atoms with E-state index in [2.05, 4.69) is 47.5 Å². The minimum absolute atomic E-state index is 0.537. The summed E-state index contributed by atoms with van der Waals surface area (Å²) >= 11 is 0. The Morgan fingerprint density at radius 1 is 1.39 bits per heavy atom. The fourth-order valence-electron chi connectivity index (χ4n) is 3.52. The number of hydrogen-bond donors (Lipinski definition) is 2. The number of aromatic nitrogens is 1. The molecule has 1 aromatic rings. The number of hydrogen-bond acceptors (Lipinski definition) is 2. The first-order chi connectivity index (χ1) is 8.70. The Morgan fingerprint density at radius 2 is 2.17 bits per heavy atom. The first-order valence-electron chi connectivity index (χ1n) is 7.29. The number of nitrogens with zero attached hydrogens (tertiary/aromatic N) is 1. The van der Waals surface area contributed by atoms with E-state index in [0.717, 1.165) is 6.54 Å². The predicted octanol–water partition coefficient (Wildman–Crippen LogP) is 2.16. The summed E-state index contributed by atoms with van der Waals surface area (Å²) < 4.78 is 2.34. The van der Waals surface area contributed by atoms with Gasteiger partial charge in [0.2, 0.25) is 0 Å². The fourth-order valence-corrected chi connectivity index (χ4v) is 3.52. The highest BCUT2D eigenvalue weighted by Gasteiger charge is 2.47. The third-order valence-electron chi connectivity index (χ3n) is 4.55. The SMILES string of the molecule is CC(C)Cn1ccc(C2NCC23CCNCC3)c1. The summed E-state index contributed by atoms with van der Waals surface area (Å²) in [5.74, 6) is 0.715. The van der Waals surface area contributed by atoms with Gasteiger partial charge in [-0.1, -0.05) is 13.8 Å². The van der Waals surface area contributed by atoms with Crippen LogP contribution in [0.15, 0.2) is 18.5 Å². The van der Waals surface area contributed by atoms with Gasteiger partial charge in [-0.3, -0.25) is 0 Å². The molecule has 0 aromatic carbocycles. The maximum absolute atomic E-state index is 3.65. The Labute approximate surface area is 110 Å². The summed E-state index contributed by atoms with van der Waals surface area (Å²) in [6, 6.07) is 2.90. The molecule has 0 amide bonds. The Bertz CT molecular complexity index is 402. The fraction of sp³-hybridized carbons (Fsp3) is 0.733. The number of piperidine rings is 1. The van der Waals surface area contributed by atoms with Crippen molar-refractivity contribution in [1.29, 1.82) is 0 Å². The van der Waals surface area contributed by atoms with Crippen LogP contribution in [0.1, 0.15) is 38.3 Å². The van der Waals surface area contributed by atoms with Crippen LogP contribution >= 0.6 is 0 Å². The molecule has 0 saturated carbocycles. The summed E-state index contributed by atoms with van der Waals surface area (Å²) in [5.41, 5.74) is 2.03. The molecule has 3 rings (SSSR count). The van der Waals surface area contributed by atoms with Crippen LogP contribution in [0.4, 0.5) is 0 Å². The second-order valence-corrected chi connectivity index (χ2v) is 6.46. The lowest BCUT2D eigenvalue weighted by atomic mass is 9.65. The quantitative estimate of drug-likeness (QED) is 0.857. The molecular formula is C15H25N3. The molecule has 2 aliphatic rings. The van der Waals surface area contributed by atoms with E-state index in [1.807, 2.05) is 0 Å². The van der Waals surface area contributed by atoms with Gasteiger partial charge in [-0.25, -0.2) is 0 Å². The lowest BCUT2D eigenvalue weighted by molar-refractivity contribution is 0.0436. The lowest BCUT2D eigenvalue weighted by Gasteiger charge is -2.53. The van der Waals surface area contributed by atoms with E-state index in [4.69, 9.17) is 0 Å². The maximum Gasteiger partial charge on any atom is 0.0405 e. The molecule has 2 aliphatic heterocycles. The monoisotopic (exact) mass is 247 g/mol. The summed E-state index contributed by atoms with van der Waals surface area (Å²) in [6.45, 7) is 9.25. The van der Waals surface area contributed by atoms with Crippen LogP contribution in [-0.4, -0.2) is 24.2 Å². The molecule has 2 N–H and O–H groups in total. The van der Waals surface area contributed by atoms with E-state index < -0.39 is 0 Å².